The molecular formula is C22H23N3O3. The number of amides is 1. The molecule has 2 N–H and O–H groups in total. The van der Waals surface area contributed by atoms with E-state index in [-0.39, 0.29) is 17.5 Å². The largest absolute Gasteiger partial charge is 0.463 e. The van der Waals surface area contributed by atoms with E-state index in [9.17, 15) is 9.59 Å². The number of aromatic nitrogens is 1. The molecular weight excluding hydrogens is 354 g/mol. The van der Waals surface area contributed by atoms with Gasteiger partial charge in [0.15, 0.2) is 0 Å². The van der Waals surface area contributed by atoms with Crippen LogP contribution in [0.1, 0.15) is 28.8 Å². The van der Waals surface area contributed by atoms with Gasteiger partial charge in [-0.2, -0.15) is 0 Å². The van der Waals surface area contributed by atoms with Crippen molar-refractivity contribution in [2.24, 2.45) is 0 Å². The second-order valence-corrected chi connectivity index (χ2v) is 7.13. The molecule has 0 radical (unpaired) electrons. The third-order valence-electron chi connectivity index (χ3n) is 5.03. The second-order valence-electron chi connectivity index (χ2n) is 7.13. The van der Waals surface area contributed by atoms with E-state index in [1.807, 2.05) is 18.2 Å². The van der Waals surface area contributed by atoms with Gasteiger partial charge in [-0.25, -0.2) is 0 Å². The highest BCUT2D eigenvalue weighted by atomic mass is 16.3. The fourth-order valence-corrected chi connectivity index (χ4v) is 3.65. The Hall–Kier alpha value is -3.12. The van der Waals surface area contributed by atoms with Crippen molar-refractivity contribution < 1.29 is 9.21 Å². The Balaban J connectivity index is 1.40. The molecule has 1 amide bonds. The minimum absolute atomic E-state index is 0.0362. The first kappa shape index (κ1) is 18.3. The first-order chi connectivity index (χ1) is 13.7. The molecule has 3 aromatic rings. The van der Waals surface area contributed by atoms with Gasteiger partial charge in [0.25, 0.3) is 11.5 Å². The number of hydrogen-bond acceptors (Lipinski definition) is 4. The number of benzene rings is 1. The summed E-state index contributed by atoms with van der Waals surface area (Å²) in [5, 5.41) is 3.02. The zero-order valence-corrected chi connectivity index (χ0v) is 15.6. The van der Waals surface area contributed by atoms with Crippen LogP contribution in [0.15, 0.2) is 70.1 Å². The summed E-state index contributed by atoms with van der Waals surface area (Å²) in [6.07, 6.45) is 3.48. The molecule has 144 valence electrons. The number of hydrogen-bond donors (Lipinski definition) is 2. The highest BCUT2D eigenvalue weighted by molar-refractivity contribution is 5.94. The fourth-order valence-electron chi connectivity index (χ4n) is 3.65. The second kappa shape index (κ2) is 8.27. The number of nitrogens with zero attached hydrogens (tertiary/aromatic N) is 1. The van der Waals surface area contributed by atoms with Crippen LogP contribution in [0.3, 0.4) is 0 Å². The van der Waals surface area contributed by atoms with E-state index in [0.717, 1.165) is 32.5 Å². The highest BCUT2D eigenvalue weighted by Gasteiger charge is 2.23. The minimum atomic E-state index is -0.414. The number of nitrogens with one attached hydrogen (secondary N) is 2. The Bertz CT molecular complexity index is 980. The van der Waals surface area contributed by atoms with E-state index < -0.39 is 5.56 Å². The summed E-state index contributed by atoms with van der Waals surface area (Å²) < 4.78 is 5.28. The Morgan fingerprint density at radius 3 is 2.75 bits per heavy atom. The van der Waals surface area contributed by atoms with Crippen LogP contribution in [0.2, 0.25) is 0 Å². The van der Waals surface area contributed by atoms with Crippen molar-refractivity contribution in [2.75, 3.05) is 13.1 Å². The van der Waals surface area contributed by atoms with Gasteiger partial charge in [0.1, 0.15) is 11.3 Å². The Labute approximate surface area is 163 Å². The molecule has 6 heteroatoms. The summed E-state index contributed by atoms with van der Waals surface area (Å²) in [6, 6.07) is 17.1. The molecule has 28 heavy (non-hydrogen) atoms. The predicted molar refractivity (Wildman–Crippen MR) is 107 cm³/mol. The van der Waals surface area contributed by atoms with E-state index >= 15 is 0 Å². The van der Waals surface area contributed by atoms with Gasteiger partial charge in [-0.05, 0) is 49.2 Å². The van der Waals surface area contributed by atoms with Crippen molar-refractivity contribution in [3.05, 3.63) is 82.3 Å². The molecule has 0 bridgehead atoms. The topological polar surface area (TPSA) is 78.3 Å². The number of likely N-dealkylation sites (tertiary alicyclic amines) is 1. The number of H-pyrrole nitrogens is 1. The minimum Gasteiger partial charge on any atom is -0.463 e. The average Bonchev–Trinajstić information content (AvgIpc) is 3.24. The third kappa shape index (κ3) is 4.23. The predicted octanol–water partition coefficient (Wildman–Crippen LogP) is 3.03. The summed E-state index contributed by atoms with van der Waals surface area (Å²) in [7, 11) is 0. The average molecular weight is 377 g/mol. The van der Waals surface area contributed by atoms with Gasteiger partial charge in [-0.15, -0.1) is 0 Å². The molecule has 1 atom stereocenters. The summed E-state index contributed by atoms with van der Waals surface area (Å²) in [5.74, 6) is 0.228. The Morgan fingerprint density at radius 2 is 2.00 bits per heavy atom. The number of carbonyl (C=O) groups is 1. The van der Waals surface area contributed by atoms with Crippen LogP contribution in [0, 0.1) is 0 Å². The van der Waals surface area contributed by atoms with Gasteiger partial charge in [0.05, 0.1) is 12.0 Å². The zero-order valence-electron chi connectivity index (χ0n) is 15.6. The molecule has 3 heterocycles. The molecule has 0 saturated carbocycles. The van der Waals surface area contributed by atoms with E-state index in [1.54, 1.807) is 30.5 Å². The van der Waals surface area contributed by atoms with Crippen LogP contribution in [0.5, 0.6) is 0 Å². The number of rotatable bonds is 5. The van der Waals surface area contributed by atoms with Gasteiger partial charge in [0.2, 0.25) is 0 Å². The molecule has 2 aromatic heterocycles. The third-order valence-corrected chi connectivity index (χ3v) is 5.03. The van der Waals surface area contributed by atoms with Crippen molar-refractivity contribution in [1.82, 2.24) is 15.2 Å². The van der Waals surface area contributed by atoms with Crippen LogP contribution in [0.25, 0.3) is 11.5 Å². The fraction of sp³-hybridized carbons (Fsp3) is 0.273. The van der Waals surface area contributed by atoms with Gasteiger partial charge < -0.3 is 14.7 Å². The smallest absolute Gasteiger partial charge is 0.261 e. The Morgan fingerprint density at radius 1 is 1.14 bits per heavy atom. The van der Waals surface area contributed by atoms with Crippen molar-refractivity contribution in [3.8, 4) is 11.5 Å². The molecule has 1 aromatic carbocycles. The number of aromatic amines is 1. The summed E-state index contributed by atoms with van der Waals surface area (Å²) in [5.41, 5.74) is 1.52. The molecule has 1 fully saturated rings. The summed E-state index contributed by atoms with van der Waals surface area (Å²) in [6.45, 7) is 2.66. The number of carbonyl (C=O) groups excluding carboxylic acids is 1. The van der Waals surface area contributed by atoms with Gasteiger partial charge in [0, 0.05) is 19.1 Å². The maximum atomic E-state index is 12.6. The normalized spacial score (nSPS) is 17.4. The first-order valence-electron chi connectivity index (χ1n) is 9.53. The van der Waals surface area contributed by atoms with E-state index in [4.69, 9.17) is 4.42 Å². The standard InChI is InChI=1S/C22H23N3O3/c26-21(18-10-11-19(24-22(18)27)20-9-5-13-28-20)23-17-8-4-12-25(15-17)14-16-6-2-1-3-7-16/h1-3,5-7,9-11,13,17H,4,8,12,14-15H2,(H,23,26)(H,24,27). The lowest BCUT2D eigenvalue weighted by Gasteiger charge is -2.33. The van der Waals surface area contributed by atoms with Crippen LogP contribution in [-0.4, -0.2) is 34.9 Å². The van der Waals surface area contributed by atoms with E-state index in [0.29, 0.717) is 11.5 Å². The van der Waals surface area contributed by atoms with Crippen LogP contribution in [0.4, 0.5) is 0 Å². The summed E-state index contributed by atoms with van der Waals surface area (Å²) in [4.78, 5) is 30.0. The van der Waals surface area contributed by atoms with Gasteiger partial charge in [-0.1, -0.05) is 30.3 Å². The van der Waals surface area contributed by atoms with Gasteiger partial charge >= 0.3 is 0 Å². The van der Waals surface area contributed by atoms with E-state index in [2.05, 4.69) is 27.3 Å². The maximum absolute atomic E-state index is 12.6. The van der Waals surface area contributed by atoms with Crippen LogP contribution < -0.4 is 10.9 Å². The maximum Gasteiger partial charge on any atom is 0.261 e. The number of pyridine rings is 1. The van der Waals surface area contributed by atoms with Crippen molar-refractivity contribution in [3.63, 3.8) is 0 Å². The molecule has 0 aliphatic carbocycles. The summed E-state index contributed by atoms with van der Waals surface area (Å²) >= 11 is 0. The lowest BCUT2D eigenvalue weighted by Crippen LogP contribution is -2.48. The van der Waals surface area contributed by atoms with Crippen molar-refractivity contribution in [2.45, 2.75) is 25.4 Å². The first-order valence-corrected chi connectivity index (χ1v) is 9.53. The lowest BCUT2D eigenvalue weighted by atomic mass is 10.0. The molecule has 0 spiro atoms. The van der Waals surface area contributed by atoms with E-state index in [1.165, 1.54) is 5.56 Å². The molecule has 1 unspecified atom stereocenters. The molecule has 1 aliphatic heterocycles. The van der Waals surface area contributed by atoms with Crippen molar-refractivity contribution >= 4 is 5.91 Å². The number of piperidine rings is 1. The highest BCUT2D eigenvalue weighted by Crippen LogP contribution is 2.16. The molecule has 4 rings (SSSR count). The van der Waals surface area contributed by atoms with Crippen LogP contribution >= 0.6 is 0 Å². The lowest BCUT2D eigenvalue weighted by molar-refractivity contribution is 0.0899. The Kier molecular flexibility index (Phi) is 5.39. The molecule has 1 saturated heterocycles. The van der Waals surface area contributed by atoms with Crippen LogP contribution in [-0.2, 0) is 6.54 Å². The number of furan rings is 1. The zero-order chi connectivity index (χ0) is 19.3. The van der Waals surface area contributed by atoms with Gasteiger partial charge in [-0.3, -0.25) is 14.5 Å². The van der Waals surface area contributed by atoms with Crippen molar-refractivity contribution in [1.29, 1.82) is 0 Å². The monoisotopic (exact) mass is 377 g/mol. The molecule has 6 nitrogen and oxygen atoms in total. The quantitative estimate of drug-likeness (QED) is 0.716. The SMILES string of the molecule is O=C(NC1CCCN(Cc2ccccc2)C1)c1ccc(-c2ccco2)[nH]c1=O. The molecule has 1 aliphatic rings.